The van der Waals surface area contributed by atoms with Gasteiger partial charge in [0, 0.05) is 4.88 Å². The van der Waals surface area contributed by atoms with Gasteiger partial charge in [-0.3, -0.25) is 9.13 Å². The average Bonchev–Trinajstić information content (AvgIpc) is 3.10. The fraction of sp³-hybridized carbons (Fsp3) is 0.688. The summed E-state index contributed by atoms with van der Waals surface area (Å²) < 4.78 is 48.6. The smallest absolute Gasteiger partial charge is 0.308 e. The molecule has 1 atom stereocenters. The standard InChI is InChI=1S/C16H27NO6P2S/c1-5-20-24(18,21-6-2)16(25(19,22-7-3)23-8-4)12-14(13-17)15-10-9-11-26-15/h9-11,14,16H,5-8,12H2,1-4H3/t14-/m0/s1. The minimum atomic E-state index is -3.84. The van der Waals surface area contributed by atoms with Crippen molar-refractivity contribution in [2.75, 3.05) is 26.4 Å². The summed E-state index contributed by atoms with van der Waals surface area (Å²) in [5.41, 5.74) is 0. The van der Waals surface area contributed by atoms with Gasteiger partial charge in [0.05, 0.1) is 38.4 Å². The Balaban J connectivity index is 3.37. The molecule has 0 spiro atoms. The Bertz CT molecular complexity index is 610. The highest BCUT2D eigenvalue weighted by Gasteiger charge is 2.51. The van der Waals surface area contributed by atoms with E-state index in [9.17, 15) is 14.4 Å². The van der Waals surface area contributed by atoms with E-state index in [-0.39, 0.29) is 32.8 Å². The molecule has 0 bridgehead atoms. The van der Waals surface area contributed by atoms with Crippen molar-refractivity contribution in [1.82, 2.24) is 0 Å². The van der Waals surface area contributed by atoms with Gasteiger partial charge in [0.2, 0.25) is 0 Å². The van der Waals surface area contributed by atoms with Gasteiger partial charge in [0.15, 0.2) is 5.40 Å². The van der Waals surface area contributed by atoms with Crippen molar-refractivity contribution >= 4 is 26.5 Å². The van der Waals surface area contributed by atoms with Crippen LogP contribution in [0.15, 0.2) is 17.5 Å². The largest absolute Gasteiger partial charge is 0.345 e. The highest BCUT2D eigenvalue weighted by atomic mass is 32.1. The fourth-order valence-corrected chi connectivity index (χ4v) is 8.69. The maximum absolute atomic E-state index is 13.4. The van der Waals surface area contributed by atoms with Gasteiger partial charge >= 0.3 is 15.2 Å². The predicted molar refractivity (Wildman–Crippen MR) is 103 cm³/mol. The van der Waals surface area contributed by atoms with Crippen molar-refractivity contribution in [3.63, 3.8) is 0 Å². The second-order valence-corrected chi connectivity index (χ2v) is 11.0. The molecular weight excluding hydrogens is 396 g/mol. The van der Waals surface area contributed by atoms with E-state index < -0.39 is 26.5 Å². The average molecular weight is 423 g/mol. The lowest BCUT2D eigenvalue weighted by molar-refractivity contribution is 0.193. The lowest BCUT2D eigenvalue weighted by Crippen LogP contribution is -2.20. The Kier molecular flexibility index (Phi) is 10.3. The first kappa shape index (κ1) is 23.5. The van der Waals surface area contributed by atoms with E-state index in [4.69, 9.17) is 18.1 Å². The van der Waals surface area contributed by atoms with Crippen molar-refractivity contribution in [1.29, 1.82) is 5.26 Å². The van der Waals surface area contributed by atoms with E-state index in [0.29, 0.717) is 0 Å². The Hall–Kier alpha value is -0.510. The molecule has 0 aliphatic carbocycles. The van der Waals surface area contributed by atoms with Crippen molar-refractivity contribution in [2.24, 2.45) is 0 Å². The predicted octanol–water partition coefficient (Wildman–Crippen LogP) is 5.60. The maximum atomic E-state index is 13.4. The van der Waals surface area contributed by atoms with E-state index >= 15 is 0 Å². The first-order chi connectivity index (χ1) is 12.4. The zero-order valence-corrected chi connectivity index (χ0v) is 18.2. The third-order valence-electron chi connectivity index (χ3n) is 3.46. The summed E-state index contributed by atoms with van der Waals surface area (Å²) in [6.45, 7) is 7.16. The minimum absolute atomic E-state index is 0.00836. The van der Waals surface area contributed by atoms with Gasteiger partial charge in [0.1, 0.15) is 0 Å². The van der Waals surface area contributed by atoms with Crippen LogP contribution < -0.4 is 0 Å². The lowest BCUT2D eigenvalue weighted by Gasteiger charge is -2.32. The van der Waals surface area contributed by atoms with Gasteiger partial charge in [-0.05, 0) is 45.6 Å². The monoisotopic (exact) mass is 423 g/mol. The molecular formula is C16H27NO6P2S. The van der Waals surface area contributed by atoms with Crippen LogP contribution in [0, 0.1) is 11.3 Å². The normalized spacial score (nSPS) is 13.7. The third kappa shape index (κ3) is 6.00. The molecule has 0 saturated carbocycles. The van der Waals surface area contributed by atoms with Gasteiger partial charge in [-0.25, -0.2) is 0 Å². The van der Waals surface area contributed by atoms with Gasteiger partial charge in [0.25, 0.3) is 0 Å². The van der Waals surface area contributed by atoms with Crippen LogP contribution in [0.25, 0.3) is 0 Å². The number of thiophene rings is 1. The van der Waals surface area contributed by atoms with E-state index in [0.717, 1.165) is 4.88 Å². The molecule has 0 radical (unpaired) electrons. The maximum Gasteiger partial charge on any atom is 0.345 e. The molecule has 0 aliphatic rings. The SMILES string of the molecule is CCOP(=O)(OCC)C(C[C@@H](C#N)c1cccs1)P(=O)(OCC)OCC. The summed E-state index contributed by atoms with van der Waals surface area (Å²) in [5.74, 6) is -0.622. The van der Waals surface area contributed by atoms with Crippen LogP contribution >= 0.6 is 26.5 Å². The Morgan fingerprint density at radius 2 is 1.46 bits per heavy atom. The lowest BCUT2D eigenvalue weighted by atomic mass is 10.1. The molecule has 0 amide bonds. The summed E-state index contributed by atoms with van der Waals surface area (Å²) in [4.78, 5) is 0.789. The minimum Gasteiger partial charge on any atom is -0.308 e. The molecule has 1 heterocycles. The van der Waals surface area contributed by atoms with E-state index in [1.54, 1.807) is 27.7 Å². The molecule has 1 rings (SSSR count). The molecule has 0 fully saturated rings. The Morgan fingerprint density at radius 1 is 1.00 bits per heavy atom. The number of hydrogen-bond acceptors (Lipinski definition) is 8. The quantitative estimate of drug-likeness (QED) is 0.381. The molecule has 1 aromatic heterocycles. The molecule has 10 heteroatoms. The first-order valence-corrected chi connectivity index (χ1v) is 12.7. The fourth-order valence-electron chi connectivity index (χ4n) is 2.50. The summed E-state index contributed by atoms with van der Waals surface area (Å²) in [6, 6.07) is 5.84. The van der Waals surface area contributed by atoms with E-state index in [1.165, 1.54) is 11.3 Å². The van der Waals surface area contributed by atoms with Crippen LogP contribution in [0.2, 0.25) is 0 Å². The third-order valence-corrected chi connectivity index (χ3v) is 10.5. The summed E-state index contributed by atoms with van der Waals surface area (Å²) in [5, 5.41) is 10.3. The number of nitriles is 1. The molecule has 0 saturated heterocycles. The van der Waals surface area contributed by atoms with Crippen LogP contribution in [0.5, 0.6) is 0 Å². The molecule has 7 nitrogen and oxygen atoms in total. The molecule has 1 aromatic rings. The van der Waals surface area contributed by atoms with Crippen molar-refractivity contribution in [3.05, 3.63) is 22.4 Å². The molecule has 0 aliphatic heterocycles. The van der Waals surface area contributed by atoms with Crippen LogP contribution in [-0.2, 0) is 27.2 Å². The molecule has 0 unspecified atom stereocenters. The van der Waals surface area contributed by atoms with Crippen molar-refractivity contribution < 1.29 is 27.2 Å². The number of hydrogen-bond donors (Lipinski definition) is 0. The molecule has 26 heavy (non-hydrogen) atoms. The summed E-state index contributed by atoms with van der Waals surface area (Å²) >= 11 is 1.41. The molecule has 0 aromatic carbocycles. The molecule has 0 N–H and O–H groups in total. The number of nitrogens with zero attached hydrogens (tertiary/aromatic N) is 1. The topological polar surface area (TPSA) is 94.9 Å². The highest BCUT2D eigenvalue weighted by Crippen LogP contribution is 2.72. The van der Waals surface area contributed by atoms with Crippen molar-refractivity contribution in [3.8, 4) is 6.07 Å². The summed E-state index contributed by atoms with van der Waals surface area (Å²) in [6.07, 6.45) is -0.00836. The van der Waals surface area contributed by atoms with E-state index in [2.05, 4.69) is 6.07 Å². The van der Waals surface area contributed by atoms with Crippen LogP contribution in [0.1, 0.15) is 44.9 Å². The highest BCUT2D eigenvalue weighted by molar-refractivity contribution is 7.72. The number of rotatable bonds is 13. The first-order valence-electron chi connectivity index (χ1n) is 8.61. The van der Waals surface area contributed by atoms with Crippen molar-refractivity contribution in [2.45, 2.75) is 45.4 Å². The summed E-state index contributed by atoms with van der Waals surface area (Å²) in [7, 11) is -7.68. The van der Waals surface area contributed by atoms with Gasteiger partial charge in [-0.15, -0.1) is 11.3 Å². The van der Waals surface area contributed by atoms with Crippen LogP contribution in [0.4, 0.5) is 0 Å². The van der Waals surface area contributed by atoms with Gasteiger partial charge in [-0.1, -0.05) is 6.07 Å². The van der Waals surface area contributed by atoms with Crippen LogP contribution in [-0.4, -0.2) is 31.8 Å². The zero-order chi connectivity index (χ0) is 19.6. The second-order valence-electron chi connectivity index (χ2n) is 5.16. The van der Waals surface area contributed by atoms with Gasteiger partial charge < -0.3 is 18.1 Å². The van der Waals surface area contributed by atoms with E-state index in [1.807, 2.05) is 17.5 Å². The second kappa shape index (κ2) is 11.4. The Labute approximate surface area is 159 Å². The van der Waals surface area contributed by atoms with Crippen LogP contribution in [0.3, 0.4) is 0 Å². The zero-order valence-electron chi connectivity index (χ0n) is 15.6. The Morgan fingerprint density at radius 3 is 1.77 bits per heavy atom. The molecule has 148 valence electrons. The van der Waals surface area contributed by atoms with Gasteiger partial charge in [-0.2, -0.15) is 5.26 Å².